The van der Waals surface area contributed by atoms with Gasteiger partial charge in [0.1, 0.15) is 17.6 Å². The van der Waals surface area contributed by atoms with E-state index in [-0.39, 0.29) is 30.8 Å². The van der Waals surface area contributed by atoms with Crippen LogP contribution in [0.5, 0.6) is 5.75 Å². The Hall–Kier alpha value is -2.84. The SMILES string of the molecule is COc1cc2cc(c1C)N(C)C(=O)CC[C@]1(C)O[C@H]1[C@H](C)[C@@H]1C[C@](O)(C/C=C/C=C(\C)C2)NC(=O)O1. The van der Waals surface area contributed by atoms with E-state index in [2.05, 4.69) is 5.32 Å². The van der Waals surface area contributed by atoms with Crippen molar-refractivity contribution in [3.63, 3.8) is 0 Å². The number of carbonyl (C=O) groups excluding carboxylic acids is 2. The van der Waals surface area contributed by atoms with Crippen molar-refractivity contribution >= 4 is 17.7 Å². The molecule has 0 aliphatic carbocycles. The van der Waals surface area contributed by atoms with Gasteiger partial charge in [-0.3, -0.25) is 10.1 Å². The lowest BCUT2D eigenvalue weighted by Gasteiger charge is -2.38. The van der Waals surface area contributed by atoms with E-state index in [1.165, 1.54) is 0 Å². The molecule has 4 rings (SSSR count). The van der Waals surface area contributed by atoms with Crippen molar-refractivity contribution in [3.05, 3.63) is 47.1 Å². The quantitative estimate of drug-likeness (QED) is 0.564. The molecule has 3 aliphatic rings. The standard InChI is InChI=1S/C28H38N2O6/c1-17-9-7-8-11-28(33)16-23(35-26(32)29-28)19(3)25-27(4,36-25)12-10-24(31)30(5)21-14-20(13-17)15-22(34-6)18(21)2/h7-9,14-15,19,23,25,33H,10-13,16H2,1-6H3,(H,29,32)/b8-7+,17-9+/t19-,23+,25+,27+,28-/m1/s1. The van der Waals surface area contributed by atoms with Crippen LogP contribution in [0.15, 0.2) is 35.9 Å². The topological polar surface area (TPSA) is 101 Å². The number of anilines is 1. The molecule has 8 heteroatoms. The highest BCUT2D eigenvalue weighted by Gasteiger charge is 2.58. The summed E-state index contributed by atoms with van der Waals surface area (Å²) in [7, 11) is 3.44. The normalized spacial score (nSPS) is 35.6. The Labute approximate surface area is 213 Å². The number of benzene rings is 1. The molecule has 3 aliphatic heterocycles. The summed E-state index contributed by atoms with van der Waals surface area (Å²) in [5.74, 6) is 0.612. The molecule has 4 bridgehead atoms. The molecule has 0 saturated carbocycles. The molecule has 196 valence electrons. The lowest BCUT2D eigenvalue weighted by atomic mass is 9.85. The molecular weight excluding hydrogens is 460 g/mol. The number of methoxy groups -OCH3 is 1. The molecule has 2 saturated heterocycles. The third-order valence-electron chi connectivity index (χ3n) is 7.78. The number of epoxide rings is 1. The predicted octanol–water partition coefficient (Wildman–Crippen LogP) is 4.18. The van der Waals surface area contributed by atoms with E-state index in [1.54, 1.807) is 19.1 Å². The van der Waals surface area contributed by atoms with Crippen molar-refractivity contribution in [2.24, 2.45) is 5.92 Å². The van der Waals surface area contributed by atoms with Crippen molar-refractivity contribution < 1.29 is 28.9 Å². The maximum atomic E-state index is 13.2. The second-order valence-electron chi connectivity index (χ2n) is 10.7. The predicted molar refractivity (Wildman–Crippen MR) is 137 cm³/mol. The molecule has 5 atom stereocenters. The monoisotopic (exact) mass is 498 g/mol. The molecular formula is C28H38N2O6. The Morgan fingerprint density at radius 2 is 2.00 bits per heavy atom. The molecule has 0 radical (unpaired) electrons. The summed E-state index contributed by atoms with van der Waals surface area (Å²) in [4.78, 5) is 27.2. The van der Waals surface area contributed by atoms with E-state index >= 15 is 0 Å². The number of fused-ring (bicyclic) bond motifs is 5. The van der Waals surface area contributed by atoms with Gasteiger partial charge in [-0.05, 0) is 51.3 Å². The molecule has 0 spiro atoms. The van der Waals surface area contributed by atoms with Gasteiger partial charge in [-0.2, -0.15) is 0 Å². The summed E-state index contributed by atoms with van der Waals surface area (Å²) in [6.07, 6.45) is 6.53. The van der Waals surface area contributed by atoms with Crippen LogP contribution in [0.25, 0.3) is 0 Å². The van der Waals surface area contributed by atoms with Gasteiger partial charge in [0.05, 0.1) is 24.5 Å². The minimum absolute atomic E-state index is 0.00351. The van der Waals surface area contributed by atoms with Gasteiger partial charge in [0.2, 0.25) is 5.91 Å². The Balaban J connectivity index is 1.66. The first-order valence-corrected chi connectivity index (χ1v) is 12.6. The van der Waals surface area contributed by atoms with Crippen LogP contribution in [-0.4, -0.2) is 54.8 Å². The average Bonchev–Trinajstić information content (AvgIpc) is 3.50. The van der Waals surface area contributed by atoms with Gasteiger partial charge in [0.15, 0.2) is 0 Å². The summed E-state index contributed by atoms with van der Waals surface area (Å²) in [5.41, 5.74) is 2.02. The van der Waals surface area contributed by atoms with E-state index < -0.39 is 23.5 Å². The number of hydrogen-bond acceptors (Lipinski definition) is 6. The molecule has 1 aromatic rings. The minimum atomic E-state index is -1.39. The molecule has 3 heterocycles. The molecule has 2 fully saturated rings. The largest absolute Gasteiger partial charge is 0.496 e. The fraction of sp³-hybridized carbons (Fsp3) is 0.571. The first kappa shape index (κ1) is 26.2. The van der Waals surface area contributed by atoms with Gasteiger partial charge < -0.3 is 24.2 Å². The number of ether oxygens (including phenoxy) is 3. The summed E-state index contributed by atoms with van der Waals surface area (Å²) < 4.78 is 17.2. The number of allylic oxidation sites excluding steroid dienone is 3. The summed E-state index contributed by atoms with van der Waals surface area (Å²) in [5, 5.41) is 13.7. The molecule has 0 unspecified atom stereocenters. The van der Waals surface area contributed by atoms with E-state index in [0.717, 1.165) is 28.1 Å². The lowest BCUT2D eigenvalue weighted by molar-refractivity contribution is -0.118. The van der Waals surface area contributed by atoms with Crippen molar-refractivity contribution in [2.75, 3.05) is 19.1 Å². The van der Waals surface area contributed by atoms with Crippen LogP contribution in [-0.2, 0) is 20.7 Å². The minimum Gasteiger partial charge on any atom is -0.496 e. The average molecular weight is 499 g/mol. The Bertz CT molecular complexity index is 1100. The third-order valence-corrected chi connectivity index (χ3v) is 7.78. The van der Waals surface area contributed by atoms with E-state index in [0.29, 0.717) is 19.3 Å². The molecule has 8 nitrogen and oxygen atoms in total. The molecule has 36 heavy (non-hydrogen) atoms. The molecule has 0 aromatic heterocycles. The van der Waals surface area contributed by atoms with Crippen LogP contribution in [0.2, 0.25) is 0 Å². The lowest BCUT2D eigenvalue weighted by Crippen LogP contribution is -2.57. The van der Waals surface area contributed by atoms with Gasteiger partial charge in [0, 0.05) is 37.8 Å². The number of amides is 2. The maximum Gasteiger partial charge on any atom is 0.409 e. The Kier molecular flexibility index (Phi) is 7.21. The van der Waals surface area contributed by atoms with Crippen molar-refractivity contribution in [1.29, 1.82) is 0 Å². The summed E-state index contributed by atoms with van der Waals surface area (Å²) >= 11 is 0. The number of aliphatic hydroxyl groups is 1. The molecule has 1 aromatic carbocycles. The smallest absolute Gasteiger partial charge is 0.409 e. The zero-order valence-corrected chi connectivity index (χ0v) is 22.1. The highest BCUT2D eigenvalue weighted by molar-refractivity contribution is 5.94. The third kappa shape index (κ3) is 5.44. The zero-order valence-electron chi connectivity index (χ0n) is 22.1. The number of hydrogen-bond donors (Lipinski definition) is 2. The van der Waals surface area contributed by atoms with E-state index in [1.807, 2.05) is 58.1 Å². The summed E-state index contributed by atoms with van der Waals surface area (Å²) in [6, 6.07) is 4.05. The van der Waals surface area contributed by atoms with Crippen LogP contribution in [0.3, 0.4) is 0 Å². The Morgan fingerprint density at radius 3 is 2.72 bits per heavy atom. The van der Waals surface area contributed by atoms with E-state index in [9.17, 15) is 14.7 Å². The first-order valence-electron chi connectivity index (χ1n) is 12.6. The number of rotatable bonds is 1. The van der Waals surface area contributed by atoms with Crippen LogP contribution < -0.4 is 15.0 Å². The fourth-order valence-corrected chi connectivity index (χ4v) is 5.45. The second-order valence-corrected chi connectivity index (χ2v) is 10.7. The number of alkyl carbamates (subject to hydrolysis) is 1. The fourth-order valence-electron chi connectivity index (χ4n) is 5.45. The van der Waals surface area contributed by atoms with Crippen LogP contribution in [0.4, 0.5) is 10.5 Å². The first-order chi connectivity index (χ1) is 16.9. The second kappa shape index (κ2) is 9.90. The molecule has 2 N–H and O–H groups in total. The van der Waals surface area contributed by atoms with Crippen molar-refractivity contribution in [1.82, 2.24) is 5.32 Å². The maximum absolute atomic E-state index is 13.2. The number of nitrogens with one attached hydrogen (secondary N) is 1. The zero-order chi connectivity index (χ0) is 26.3. The van der Waals surface area contributed by atoms with Gasteiger partial charge in [-0.1, -0.05) is 30.7 Å². The van der Waals surface area contributed by atoms with Crippen molar-refractivity contribution in [3.8, 4) is 5.75 Å². The van der Waals surface area contributed by atoms with Gasteiger partial charge >= 0.3 is 6.09 Å². The number of nitrogens with zero attached hydrogens (tertiary/aromatic N) is 1. The summed E-state index contributed by atoms with van der Waals surface area (Å²) in [6.45, 7) is 7.96. The van der Waals surface area contributed by atoms with Gasteiger partial charge in [-0.25, -0.2) is 4.79 Å². The Morgan fingerprint density at radius 1 is 1.25 bits per heavy atom. The van der Waals surface area contributed by atoms with Crippen LogP contribution >= 0.6 is 0 Å². The van der Waals surface area contributed by atoms with Crippen molar-refractivity contribution in [2.45, 2.75) is 83.3 Å². The van der Waals surface area contributed by atoms with Crippen LogP contribution in [0.1, 0.15) is 57.6 Å². The van der Waals surface area contributed by atoms with Gasteiger partial charge in [0.25, 0.3) is 0 Å². The molecule has 2 amide bonds. The highest BCUT2D eigenvalue weighted by Crippen LogP contribution is 2.47. The van der Waals surface area contributed by atoms with Crippen LogP contribution in [0, 0.1) is 12.8 Å². The van der Waals surface area contributed by atoms with Gasteiger partial charge in [-0.15, -0.1) is 0 Å². The van der Waals surface area contributed by atoms with E-state index in [4.69, 9.17) is 14.2 Å². The number of carbonyl (C=O) groups is 2. The highest BCUT2D eigenvalue weighted by atomic mass is 16.6.